The molecule has 1 aliphatic rings. The Labute approximate surface area is 160 Å². The summed E-state index contributed by atoms with van der Waals surface area (Å²) in [6, 6.07) is 18.2. The van der Waals surface area contributed by atoms with Gasteiger partial charge in [-0.15, -0.1) is 24.2 Å². The van der Waals surface area contributed by atoms with Gasteiger partial charge in [0.1, 0.15) is 0 Å². The molecule has 2 aromatic rings. The Hall–Kier alpha value is -1.49. The van der Waals surface area contributed by atoms with Gasteiger partial charge in [-0.2, -0.15) is 0 Å². The van der Waals surface area contributed by atoms with Crippen molar-refractivity contribution in [2.24, 2.45) is 11.7 Å². The molecule has 1 unspecified atom stereocenters. The van der Waals surface area contributed by atoms with E-state index in [1.807, 2.05) is 37.3 Å². The van der Waals surface area contributed by atoms with Crippen molar-refractivity contribution in [3.8, 4) is 0 Å². The number of carbonyl (C=O) groups excluding carboxylic acids is 1. The molecule has 134 valence electrons. The molecule has 1 atom stereocenters. The molecule has 1 fully saturated rings. The highest BCUT2D eigenvalue weighted by Gasteiger charge is 2.41. The number of benzene rings is 2. The molecule has 0 saturated heterocycles. The van der Waals surface area contributed by atoms with Gasteiger partial charge in [-0.25, -0.2) is 0 Å². The van der Waals surface area contributed by atoms with Crippen LogP contribution in [0.15, 0.2) is 59.5 Å². The van der Waals surface area contributed by atoms with Crippen molar-refractivity contribution in [1.82, 2.24) is 5.32 Å². The Kier molecular flexibility index (Phi) is 6.94. The van der Waals surface area contributed by atoms with Crippen molar-refractivity contribution >= 4 is 30.1 Å². The van der Waals surface area contributed by atoms with Crippen LogP contribution >= 0.6 is 24.2 Å². The molecule has 3 nitrogen and oxygen atoms in total. The van der Waals surface area contributed by atoms with E-state index in [2.05, 4.69) is 29.6 Å². The van der Waals surface area contributed by atoms with Gasteiger partial charge in [-0.1, -0.05) is 30.3 Å². The van der Waals surface area contributed by atoms with Crippen LogP contribution in [0.3, 0.4) is 0 Å². The van der Waals surface area contributed by atoms with E-state index < -0.39 is 0 Å². The van der Waals surface area contributed by atoms with Gasteiger partial charge in [0.15, 0.2) is 0 Å². The Bertz CT molecular complexity index is 689. The molecule has 25 heavy (non-hydrogen) atoms. The van der Waals surface area contributed by atoms with Gasteiger partial charge in [0.05, 0.1) is 5.54 Å². The topological polar surface area (TPSA) is 55.1 Å². The average Bonchev–Trinajstić information content (AvgIpc) is 3.47. The maximum atomic E-state index is 12.5. The first-order valence-corrected chi connectivity index (χ1v) is 9.39. The molecule has 3 rings (SSSR count). The lowest BCUT2D eigenvalue weighted by molar-refractivity contribution is 0.0898. The van der Waals surface area contributed by atoms with Crippen LogP contribution in [0.25, 0.3) is 0 Å². The van der Waals surface area contributed by atoms with Gasteiger partial charge in [-0.05, 0) is 55.5 Å². The molecule has 1 amide bonds. The van der Waals surface area contributed by atoms with E-state index in [0.717, 1.165) is 18.6 Å². The highest BCUT2D eigenvalue weighted by Crippen LogP contribution is 2.39. The number of hydrogen-bond acceptors (Lipinski definition) is 3. The molecule has 0 aliphatic heterocycles. The Balaban J connectivity index is 0.00000225. The zero-order chi connectivity index (χ0) is 17.0. The van der Waals surface area contributed by atoms with Crippen LogP contribution in [0.4, 0.5) is 0 Å². The van der Waals surface area contributed by atoms with E-state index in [-0.39, 0.29) is 23.9 Å². The predicted molar refractivity (Wildman–Crippen MR) is 107 cm³/mol. The summed E-state index contributed by atoms with van der Waals surface area (Å²) in [4.78, 5) is 13.6. The summed E-state index contributed by atoms with van der Waals surface area (Å²) >= 11 is 1.77. The summed E-state index contributed by atoms with van der Waals surface area (Å²) in [6.45, 7) is 2.53. The van der Waals surface area contributed by atoms with Gasteiger partial charge in [-0.3, -0.25) is 4.79 Å². The molecule has 5 heteroatoms. The monoisotopic (exact) mass is 376 g/mol. The van der Waals surface area contributed by atoms with Crippen LogP contribution in [0, 0.1) is 5.92 Å². The van der Waals surface area contributed by atoms with Crippen LogP contribution in [0.5, 0.6) is 0 Å². The number of nitrogens with one attached hydrogen (secondary N) is 1. The number of thioether (sulfide) groups is 1. The molecule has 0 bridgehead atoms. The van der Waals surface area contributed by atoms with Gasteiger partial charge in [0, 0.05) is 22.8 Å². The first kappa shape index (κ1) is 19.8. The number of amides is 1. The molecular weight excluding hydrogens is 352 g/mol. The number of halogens is 1. The third-order valence-corrected chi connectivity index (χ3v) is 5.75. The number of nitrogens with two attached hydrogens (primary N) is 1. The second kappa shape index (κ2) is 8.75. The predicted octanol–water partition coefficient (Wildman–Crippen LogP) is 4.26. The van der Waals surface area contributed by atoms with Crippen LogP contribution < -0.4 is 11.1 Å². The first-order chi connectivity index (χ1) is 11.6. The van der Waals surface area contributed by atoms with Crippen molar-refractivity contribution in [2.45, 2.75) is 36.0 Å². The molecule has 0 heterocycles. The lowest BCUT2D eigenvalue weighted by Crippen LogP contribution is -2.53. The zero-order valence-electron chi connectivity index (χ0n) is 14.4. The molecular formula is C20H25ClN2OS. The van der Waals surface area contributed by atoms with E-state index in [4.69, 9.17) is 5.73 Å². The van der Waals surface area contributed by atoms with Gasteiger partial charge in [0.25, 0.3) is 5.91 Å². The summed E-state index contributed by atoms with van der Waals surface area (Å²) in [7, 11) is 0. The van der Waals surface area contributed by atoms with Crippen molar-refractivity contribution in [3.63, 3.8) is 0 Å². The number of carbonyl (C=O) groups is 1. The fourth-order valence-electron chi connectivity index (χ4n) is 2.82. The second-order valence-electron chi connectivity index (χ2n) is 6.65. The van der Waals surface area contributed by atoms with E-state index in [1.54, 1.807) is 11.8 Å². The van der Waals surface area contributed by atoms with Gasteiger partial charge < -0.3 is 11.1 Å². The van der Waals surface area contributed by atoms with E-state index >= 15 is 0 Å². The quantitative estimate of drug-likeness (QED) is 0.710. The summed E-state index contributed by atoms with van der Waals surface area (Å²) in [6.07, 6.45) is 2.31. The molecule has 1 aliphatic carbocycles. The van der Waals surface area contributed by atoms with E-state index in [0.29, 0.717) is 18.0 Å². The minimum atomic E-state index is -0.280. The highest BCUT2D eigenvalue weighted by molar-refractivity contribution is 7.98. The number of rotatable bonds is 7. The maximum absolute atomic E-state index is 12.5. The van der Waals surface area contributed by atoms with Crippen molar-refractivity contribution in [1.29, 1.82) is 0 Å². The summed E-state index contributed by atoms with van der Waals surface area (Å²) in [5.41, 5.74) is 7.59. The van der Waals surface area contributed by atoms with Crippen LogP contribution in [-0.4, -0.2) is 18.0 Å². The Morgan fingerprint density at radius 2 is 1.80 bits per heavy atom. The van der Waals surface area contributed by atoms with Crippen molar-refractivity contribution in [2.75, 3.05) is 6.54 Å². The molecule has 0 aromatic heterocycles. The van der Waals surface area contributed by atoms with E-state index in [9.17, 15) is 4.79 Å². The first-order valence-electron chi connectivity index (χ1n) is 8.40. The van der Waals surface area contributed by atoms with Gasteiger partial charge >= 0.3 is 0 Å². The normalized spacial score (nSPS) is 15.8. The molecule has 1 saturated carbocycles. The third-order valence-electron chi connectivity index (χ3n) is 4.67. The van der Waals surface area contributed by atoms with Crippen LogP contribution in [0.2, 0.25) is 0 Å². The van der Waals surface area contributed by atoms with E-state index in [1.165, 1.54) is 10.5 Å². The standard InChI is InChI=1S/C20H24N2OS.ClH/c1-20(14-21,17-9-10-17)22-19(23)16-7-11-18(12-8-16)24-13-15-5-3-2-4-6-15;/h2-8,11-12,17H,9-10,13-14,21H2,1H3,(H,22,23);1H. The minimum Gasteiger partial charge on any atom is -0.345 e. The molecule has 3 N–H and O–H groups in total. The van der Waals surface area contributed by atoms with Crippen molar-refractivity contribution in [3.05, 3.63) is 65.7 Å². The fourth-order valence-corrected chi connectivity index (χ4v) is 3.67. The lowest BCUT2D eigenvalue weighted by Gasteiger charge is -2.29. The van der Waals surface area contributed by atoms with Crippen LogP contribution in [-0.2, 0) is 5.75 Å². The highest BCUT2D eigenvalue weighted by atomic mass is 35.5. The molecule has 0 spiro atoms. The zero-order valence-corrected chi connectivity index (χ0v) is 16.0. The largest absolute Gasteiger partial charge is 0.345 e. The van der Waals surface area contributed by atoms with Gasteiger partial charge in [0.2, 0.25) is 0 Å². The van der Waals surface area contributed by atoms with Crippen molar-refractivity contribution < 1.29 is 4.79 Å². The third kappa shape index (κ3) is 5.24. The fraction of sp³-hybridized carbons (Fsp3) is 0.350. The number of hydrogen-bond donors (Lipinski definition) is 2. The second-order valence-corrected chi connectivity index (χ2v) is 7.70. The Morgan fingerprint density at radius 1 is 1.16 bits per heavy atom. The smallest absolute Gasteiger partial charge is 0.251 e. The maximum Gasteiger partial charge on any atom is 0.251 e. The Morgan fingerprint density at radius 3 is 2.36 bits per heavy atom. The lowest BCUT2D eigenvalue weighted by atomic mass is 9.95. The average molecular weight is 377 g/mol. The minimum absolute atomic E-state index is 0. The molecule has 0 radical (unpaired) electrons. The summed E-state index contributed by atoms with van der Waals surface area (Å²) in [5.74, 6) is 1.42. The summed E-state index contributed by atoms with van der Waals surface area (Å²) in [5, 5.41) is 3.13. The van der Waals surface area contributed by atoms with Crippen LogP contribution in [0.1, 0.15) is 35.7 Å². The molecule has 2 aromatic carbocycles. The summed E-state index contributed by atoms with van der Waals surface area (Å²) < 4.78 is 0. The SMILES string of the molecule is CC(CN)(NC(=O)c1ccc(SCc2ccccc2)cc1)C1CC1.Cl.